The van der Waals surface area contributed by atoms with Gasteiger partial charge in [0.15, 0.2) is 0 Å². The largest absolute Gasteiger partial charge is 0.462 e. The molecular weight excluding hydrogens is 266 g/mol. The SMILES string of the molecule is CCOC(=O)C(C)(Oc1ccc(Cl)cc1C)N(C)C. The Morgan fingerprint density at radius 2 is 2.05 bits per heavy atom. The fraction of sp³-hybridized carbons (Fsp3) is 0.500. The summed E-state index contributed by atoms with van der Waals surface area (Å²) in [4.78, 5) is 13.8. The molecule has 0 saturated heterocycles. The summed E-state index contributed by atoms with van der Waals surface area (Å²) >= 11 is 5.91. The van der Waals surface area contributed by atoms with Crippen LogP contribution in [0.3, 0.4) is 0 Å². The lowest BCUT2D eigenvalue weighted by atomic mass is 10.2. The lowest BCUT2D eigenvalue weighted by molar-refractivity contribution is -0.174. The number of rotatable bonds is 5. The average molecular weight is 286 g/mol. The molecule has 0 aliphatic heterocycles. The average Bonchev–Trinajstić information content (AvgIpc) is 2.32. The Labute approximate surface area is 119 Å². The van der Waals surface area contributed by atoms with Crippen molar-refractivity contribution in [3.8, 4) is 5.75 Å². The van der Waals surface area contributed by atoms with Gasteiger partial charge < -0.3 is 9.47 Å². The molecule has 1 aromatic carbocycles. The highest BCUT2D eigenvalue weighted by atomic mass is 35.5. The van der Waals surface area contributed by atoms with Crippen molar-refractivity contribution >= 4 is 17.6 Å². The summed E-state index contributed by atoms with van der Waals surface area (Å²) in [7, 11) is 3.53. The molecule has 0 aliphatic rings. The summed E-state index contributed by atoms with van der Waals surface area (Å²) in [6.45, 7) is 5.63. The predicted molar refractivity (Wildman–Crippen MR) is 75.5 cm³/mol. The van der Waals surface area contributed by atoms with E-state index >= 15 is 0 Å². The zero-order chi connectivity index (χ0) is 14.6. The van der Waals surface area contributed by atoms with Crippen LogP contribution in [0.1, 0.15) is 19.4 Å². The van der Waals surface area contributed by atoms with Crippen LogP contribution < -0.4 is 4.74 Å². The van der Waals surface area contributed by atoms with Crippen molar-refractivity contribution in [2.75, 3.05) is 20.7 Å². The molecule has 0 aliphatic carbocycles. The number of hydrogen-bond donors (Lipinski definition) is 0. The monoisotopic (exact) mass is 285 g/mol. The molecule has 0 spiro atoms. The van der Waals surface area contributed by atoms with Gasteiger partial charge in [-0.2, -0.15) is 0 Å². The van der Waals surface area contributed by atoms with Crippen molar-refractivity contribution in [3.63, 3.8) is 0 Å². The fourth-order valence-electron chi connectivity index (χ4n) is 1.52. The van der Waals surface area contributed by atoms with Crippen molar-refractivity contribution in [2.45, 2.75) is 26.5 Å². The van der Waals surface area contributed by atoms with Crippen molar-refractivity contribution in [1.29, 1.82) is 0 Å². The Morgan fingerprint density at radius 1 is 1.42 bits per heavy atom. The number of esters is 1. The third-order valence-electron chi connectivity index (χ3n) is 2.95. The molecule has 1 aromatic rings. The molecule has 4 nitrogen and oxygen atoms in total. The molecule has 0 aromatic heterocycles. The van der Waals surface area contributed by atoms with E-state index in [-0.39, 0.29) is 0 Å². The number of hydrogen-bond acceptors (Lipinski definition) is 4. The van der Waals surface area contributed by atoms with Crippen LogP contribution in [-0.4, -0.2) is 37.3 Å². The quantitative estimate of drug-likeness (QED) is 0.616. The third kappa shape index (κ3) is 3.61. The Bertz CT molecular complexity index is 462. The first-order valence-electron chi connectivity index (χ1n) is 6.11. The highest BCUT2D eigenvalue weighted by Gasteiger charge is 2.40. The van der Waals surface area contributed by atoms with E-state index < -0.39 is 11.7 Å². The minimum absolute atomic E-state index is 0.311. The maximum Gasteiger partial charge on any atom is 0.366 e. The van der Waals surface area contributed by atoms with Gasteiger partial charge in [0, 0.05) is 11.9 Å². The summed E-state index contributed by atoms with van der Waals surface area (Å²) in [5, 5.41) is 0.632. The zero-order valence-electron chi connectivity index (χ0n) is 12.0. The summed E-state index contributed by atoms with van der Waals surface area (Å²) < 4.78 is 10.9. The van der Waals surface area contributed by atoms with E-state index in [1.807, 2.05) is 6.92 Å². The van der Waals surface area contributed by atoms with E-state index in [2.05, 4.69) is 0 Å². The number of nitrogens with zero attached hydrogens (tertiary/aromatic N) is 1. The Morgan fingerprint density at radius 3 is 2.53 bits per heavy atom. The lowest BCUT2D eigenvalue weighted by Crippen LogP contribution is -2.54. The van der Waals surface area contributed by atoms with Crippen LogP contribution in [0, 0.1) is 6.92 Å². The normalized spacial score (nSPS) is 14.1. The second kappa shape index (κ2) is 6.26. The van der Waals surface area contributed by atoms with E-state index in [0.29, 0.717) is 17.4 Å². The van der Waals surface area contributed by atoms with Crippen molar-refractivity contribution in [1.82, 2.24) is 4.90 Å². The number of carbonyl (C=O) groups excluding carboxylic acids is 1. The second-order valence-corrected chi connectivity index (χ2v) is 5.05. The number of aryl methyl sites for hydroxylation is 1. The van der Waals surface area contributed by atoms with Crippen LogP contribution in [-0.2, 0) is 9.53 Å². The van der Waals surface area contributed by atoms with Crippen LogP contribution in [0.4, 0.5) is 0 Å². The molecule has 1 rings (SSSR count). The van der Waals surface area contributed by atoms with E-state index in [1.165, 1.54) is 0 Å². The first-order valence-corrected chi connectivity index (χ1v) is 6.49. The molecule has 0 bridgehead atoms. The van der Waals surface area contributed by atoms with Gasteiger partial charge in [-0.3, -0.25) is 4.90 Å². The van der Waals surface area contributed by atoms with E-state index in [1.54, 1.807) is 51.0 Å². The van der Waals surface area contributed by atoms with Gasteiger partial charge >= 0.3 is 5.97 Å². The molecule has 0 saturated carbocycles. The number of halogens is 1. The lowest BCUT2D eigenvalue weighted by Gasteiger charge is -2.34. The van der Waals surface area contributed by atoms with Gasteiger partial charge in [0.25, 0.3) is 5.72 Å². The molecule has 0 N–H and O–H groups in total. The molecule has 1 unspecified atom stereocenters. The highest BCUT2D eigenvalue weighted by Crippen LogP contribution is 2.27. The first-order chi connectivity index (χ1) is 8.81. The van der Waals surface area contributed by atoms with Crippen molar-refractivity contribution in [3.05, 3.63) is 28.8 Å². The topological polar surface area (TPSA) is 38.8 Å². The van der Waals surface area contributed by atoms with Gasteiger partial charge in [-0.05, 0) is 51.7 Å². The molecule has 0 amide bonds. The minimum atomic E-state index is -1.17. The second-order valence-electron chi connectivity index (χ2n) is 4.61. The zero-order valence-corrected chi connectivity index (χ0v) is 12.7. The Hall–Kier alpha value is -1.26. The predicted octanol–water partition coefficient (Wildman–Crippen LogP) is 2.87. The first kappa shape index (κ1) is 15.8. The number of carbonyl (C=O) groups is 1. The highest BCUT2D eigenvalue weighted by molar-refractivity contribution is 6.30. The van der Waals surface area contributed by atoms with Crippen molar-refractivity contribution < 1.29 is 14.3 Å². The van der Waals surface area contributed by atoms with E-state index in [4.69, 9.17) is 21.1 Å². The standard InChI is InChI=1S/C14H20ClNO3/c1-6-18-13(17)14(3,16(4)5)19-12-8-7-11(15)9-10(12)2/h7-9H,6H2,1-5H3. The molecule has 0 radical (unpaired) electrons. The maximum absolute atomic E-state index is 12.1. The smallest absolute Gasteiger partial charge is 0.366 e. The van der Waals surface area contributed by atoms with Crippen LogP contribution in [0.25, 0.3) is 0 Å². The van der Waals surface area contributed by atoms with Gasteiger partial charge in [0.05, 0.1) is 6.61 Å². The summed E-state index contributed by atoms with van der Waals surface area (Å²) in [5.41, 5.74) is -0.306. The molecule has 0 heterocycles. The molecule has 5 heteroatoms. The van der Waals surface area contributed by atoms with E-state index in [0.717, 1.165) is 5.56 Å². The molecule has 19 heavy (non-hydrogen) atoms. The summed E-state index contributed by atoms with van der Waals surface area (Å²) in [5.74, 6) is 0.183. The molecule has 0 fully saturated rings. The third-order valence-corrected chi connectivity index (χ3v) is 3.19. The maximum atomic E-state index is 12.1. The van der Waals surface area contributed by atoms with Crippen LogP contribution >= 0.6 is 11.6 Å². The van der Waals surface area contributed by atoms with Gasteiger partial charge in [-0.15, -0.1) is 0 Å². The Kier molecular flexibility index (Phi) is 5.20. The number of ether oxygens (including phenoxy) is 2. The number of likely N-dealkylation sites (N-methyl/N-ethyl adjacent to an activating group) is 1. The van der Waals surface area contributed by atoms with Gasteiger partial charge in [-0.25, -0.2) is 4.79 Å². The Balaban J connectivity index is 3.05. The van der Waals surface area contributed by atoms with Crippen LogP contribution in [0.15, 0.2) is 18.2 Å². The van der Waals surface area contributed by atoms with Crippen LogP contribution in [0.5, 0.6) is 5.75 Å². The molecule has 1 atom stereocenters. The minimum Gasteiger partial charge on any atom is -0.462 e. The molecular formula is C14H20ClNO3. The number of benzene rings is 1. The van der Waals surface area contributed by atoms with Gasteiger partial charge in [0.1, 0.15) is 5.75 Å². The van der Waals surface area contributed by atoms with Gasteiger partial charge in [0.2, 0.25) is 0 Å². The van der Waals surface area contributed by atoms with Gasteiger partial charge in [-0.1, -0.05) is 11.6 Å². The van der Waals surface area contributed by atoms with Crippen LogP contribution in [0.2, 0.25) is 5.02 Å². The fourth-order valence-corrected chi connectivity index (χ4v) is 1.75. The summed E-state index contributed by atoms with van der Waals surface area (Å²) in [6, 6.07) is 5.27. The summed E-state index contributed by atoms with van der Waals surface area (Å²) in [6.07, 6.45) is 0. The van der Waals surface area contributed by atoms with Crippen molar-refractivity contribution in [2.24, 2.45) is 0 Å². The molecule has 106 valence electrons. The van der Waals surface area contributed by atoms with E-state index in [9.17, 15) is 4.79 Å².